The van der Waals surface area contributed by atoms with E-state index in [1.165, 1.54) is 37.1 Å². The van der Waals surface area contributed by atoms with Gasteiger partial charge in [-0.15, -0.1) is 0 Å². The summed E-state index contributed by atoms with van der Waals surface area (Å²) in [7, 11) is 2.07. The van der Waals surface area contributed by atoms with E-state index in [-0.39, 0.29) is 0 Å². The van der Waals surface area contributed by atoms with Gasteiger partial charge >= 0.3 is 0 Å². The maximum atomic E-state index is 4.54. The normalized spacial score (nSPS) is 29.5. The van der Waals surface area contributed by atoms with Crippen molar-refractivity contribution in [3.05, 3.63) is 17.5 Å². The summed E-state index contributed by atoms with van der Waals surface area (Å²) in [6.45, 7) is 4.55. The largest absolute Gasteiger partial charge is 0.272 e. The zero-order valence-electron chi connectivity index (χ0n) is 11.1. The van der Waals surface area contributed by atoms with E-state index in [4.69, 9.17) is 0 Å². The first-order valence-electron chi connectivity index (χ1n) is 6.76. The molecular formula is C14H23BrN2. The van der Waals surface area contributed by atoms with Crippen molar-refractivity contribution in [1.29, 1.82) is 0 Å². The Labute approximate surface area is 113 Å². The molecule has 17 heavy (non-hydrogen) atoms. The molecule has 1 saturated carbocycles. The van der Waals surface area contributed by atoms with Crippen molar-refractivity contribution in [2.24, 2.45) is 18.9 Å². The highest BCUT2D eigenvalue weighted by atomic mass is 79.9. The van der Waals surface area contributed by atoms with E-state index in [1.54, 1.807) is 0 Å². The van der Waals surface area contributed by atoms with Gasteiger partial charge in [-0.3, -0.25) is 4.68 Å². The van der Waals surface area contributed by atoms with Gasteiger partial charge in [0.2, 0.25) is 0 Å². The summed E-state index contributed by atoms with van der Waals surface area (Å²) < 4.78 is 2.07. The number of aryl methyl sites for hydroxylation is 2. The van der Waals surface area contributed by atoms with Crippen molar-refractivity contribution in [3.8, 4) is 0 Å². The van der Waals surface area contributed by atoms with Crippen LogP contribution in [0.25, 0.3) is 0 Å². The third-order valence-electron chi connectivity index (χ3n) is 4.01. The van der Waals surface area contributed by atoms with Crippen molar-refractivity contribution in [2.75, 3.05) is 0 Å². The van der Waals surface area contributed by atoms with Crippen LogP contribution in [0.15, 0.2) is 6.07 Å². The smallest absolute Gasteiger partial charge is 0.0624 e. The molecule has 1 aliphatic carbocycles. The number of nitrogens with zero attached hydrogens (tertiary/aromatic N) is 2. The first kappa shape index (κ1) is 13.1. The van der Waals surface area contributed by atoms with E-state index in [9.17, 15) is 0 Å². The molecule has 3 heteroatoms. The van der Waals surface area contributed by atoms with Crippen LogP contribution in [0.5, 0.6) is 0 Å². The SMILES string of the molecule is CCc1cc(CC2CC(C)CCC2Br)n(C)n1. The van der Waals surface area contributed by atoms with Crippen molar-refractivity contribution in [1.82, 2.24) is 9.78 Å². The van der Waals surface area contributed by atoms with Gasteiger partial charge in [0, 0.05) is 17.6 Å². The second-order valence-electron chi connectivity index (χ2n) is 5.50. The molecule has 3 atom stereocenters. The molecule has 0 bridgehead atoms. The number of aromatic nitrogens is 2. The van der Waals surface area contributed by atoms with Crippen molar-refractivity contribution in [2.45, 2.75) is 50.8 Å². The second-order valence-corrected chi connectivity index (χ2v) is 6.68. The van der Waals surface area contributed by atoms with Gasteiger partial charge in [-0.25, -0.2) is 0 Å². The van der Waals surface area contributed by atoms with Gasteiger partial charge in [0.25, 0.3) is 0 Å². The molecule has 2 rings (SSSR count). The fourth-order valence-corrected chi connectivity index (χ4v) is 3.54. The minimum Gasteiger partial charge on any atom is -0.272 e. The lowest BCUT2D eigenvalue weighted by atomic mass is 9.80. The molecule has 0 saturated heterocycles. The summed E-state index contributed by atoms with van der Waals surface area (Å²) in [5.41, 5.74) is 2.61. The molecule has 3 unspecified atom stereocenters. The molecule has 0 aliphatic heterocycles. The quantitative estimate of drug-likeness (QED) is 0.778. The van der Waals surface area contributed by atoms with E-state index in [0.717, 1.165) is 18.3 Å². The topological polar surface area (TPSA) is 17.8 Å². The van der Waals surface area contributed by atoms with Crippen molar-refractivity contribution in [3.63, 3.8) is 0 Å². The Balaban J connectivity index is 2.05. The minimum absolute atomic E-state index is 0.693. The molecule has 0 spiro atoms. The number of halogens is 1. The molecule has 96 valence electrons. The van der Waals surface area contributed by atoms with Crippen molar-refractivity contribution < 1.29 is 0 Å². The highest BCUT2D eigenvalue weighted by Crippen LogP contribution is 2.35. The third-order valence-corrected chi connectivity index (χ3v) is 5.22. The fraction of sp³-hybridized carbons (Fsp3) is 0.786. The summed E-state index contributed by atoms with van der Waals surface area (Å²) in [5, 5.41) is 4.54. The molecule has 0 amide bonds. The Hall–Kier alpha value is -0.310. The number of hydrogen-bond donors (Lipinski definition) is 0. The number of alkyl halides is 1. The Morgan fingerprint density at radius 2 is 2.24 bits per heavy atom. The molecule has 1 aliphatic rings. The van der Waals surface area contributed by atoms with Gasteiger partial charge in [0.15, 0.2) is 0 Å². The molecule has 1 aromatic rings. The lowest BCUT2D eigenvalue weighted by Crippen LogP contribution is -2.26. The van der Waals surface area contributed by atoms with Crippen LogP contribution < -0.4 is 0 Å². The van der Waals surface area contributed by atoms with Crippen LogP contribution in [-0.2, 0) is 19.9 Å². The first-order chi connectivity index (χ1) is 8.10. The summed E-state index contributed by atoms with van der Waals surface area (Å²) in [5.74, 6) is 1.66. The Morgan fingerprint density at radius 3 is 2.88 bits per heavy atom. The molecule has 0 aromatic carbocycles. The number of hydrogen-bond acceptors (Lipinski definition) is 1. The van der Waals surface area contributed by atoms with Crippen LogP contribution in [0, 0.1) is 11.8 Å². The Bertz CT molecular complexity index is 372. The molecule has 0 radical (unpaired) electrons. The first-order valence-corrected chi connectivity index (χ1v) is 7.67. The summed E-state index contributed by atoms with van der Waals surface area (Å²) >= 11 is 3.86. The van der Waals surface area contributed by atoms with Crippen LogP contribution >= 0.6 is 15.9 Å². The van der Waals surface area contributed by atoms with Crippen LogP contribution in [0.4, 0.5) is 0 Å². The summed E-state index contributed by atoms with van der Waals surface area (Å²) in [6, 6.07) is 2.28. The highest BCUT2D eigenvalue weighted by molar-refractivity contribution is 9.09. The average Bonchev–Trinajstić information content (AvgIpc) is 2.65. The minimum atomic E-state index is 0.693. The van der Waals surface area contributed by atoms with Gasteiger partial charge in [0.1, 0.15) is 0 Å². The molecule has 1 heterocycles. The predicted molar refractivity (Wildman–Crippen MR) is 75.5 cm³/mol. The molecule has 0 N–H and O–H groups in total. The van der Waals surface area contributed by atoms with Crippen LogP contribution in [0.3, 0.4) is 0 Å². The number of rotatable bonds is 3. The van der Waals surface area contributed by atoms with E-state index < -0.39 is 0 Å². The van der Waals surface area contributed by atoms with Crippen LogP contribution in [0.1, 0.15) is 44.5 Å². The molecular weight excluding hydrogens is 276 g/mol. The monoisotopic (exact) mass is 298 g/mol. The standard InChI is InChI=1S/C14H23BrN2/c1-4-12-9-13(17(3)16-12)8-11-7-10(2)5-6-14(11)15/h9-11,14H,4-8H2,1-3H3. The Kier molecular flexibility index (Phi) is 4.29. The van der Waals surface area contributed by atoms with Gasteiger partial charge in [-0.05, 0) is 50.0 Å². The molecule has 2 nitrogen and oxygen atoms in total. The van der Waals surface area contributed by atoms with Gasteiger partial charge < -0.3 is 0 Å². The highest BCUT2D eigenvalue weighted by Gasteiger charge is 2.27. The maximum absolute atomic E-state index is 4.54. The molecule has 1 fully saturated rings. The fourth-order valence-electron chi connectivity index (χ4n) is 2.88. The molecule has 1 aromatic heterocycles. The Morgan fingerprint density at radius 1 is 1.47 bits per heavy atom. The van der Waals surface area contributed by atoms with Crippen LogP contribution in [-0.4, -0.2) is 14.6 Å². The maximum Gasteiger partial charge on any atom is 0.0624 e. The summed E-state index contributed by atoms with van der Waals surface area (Å²) in [4.78, 5) is 0.693. The van der Waals surface area contributed by atoms with Gasteiger partial charge in [0.05, 0.1) is 5.69 Å². The van der Waals surface area contributed by atoms with E-state index >= 15 is 0 Å². The average molecular weight is 299 g/mol. The zero-order chi connectivity index (χ0) is 12.4. The predicted octanol–water partition coefficient (Wildman–Crippen LogP) is 3.72. The van der Waals surface area contributed by atoms with Crippen molar-refractivity contribution >= 4 is 15.9 Å². The van der Waals surface area contributed by atoms with E-state index in [0.29, 0.717) is 4.83 Å². The van der Waals surface area contributed by atoms with E-state index in [1.807, 2.05) is 0 Å². The van der Waals surface area contributed by atoms with Gasteiger partial charge in [-0.1, -0.05) is 29.8 Å². The second kappa shape index (κ2) is 5.55. The van der Waals surface area contributed by atoms with Crippen LogP contribution in [0.2, 0.25) is 0 Å². The zero-order valence-corrected chi connectivity index (χ0v) is 12.7. The van der Waals surface area contributed by atoms with E-state index in [2.05, 4.69) is 52.7 Å². The van der Waals surface area contributed by atoms with Gasteiger partial charge in [-0.2, -0.15) is 5.10 Å². The lowest BCUT2D eigenvalue weighted by molar-refractivity contribution is 0.290. The lowest BCUT2D eigenvalue weighted by Gasteiger charge is -2.31. The summed E-state index contributed by atoms with van der Waals surface area (Å²) in [6.07, 6.45) is 6.25. The third kappa shape index (κ3) is 3.12.